The summed E-state index contributed by atoms with van der Waals surface area (Å²) in [6.45, 7) is 4.51. The van der Waals surface area contributed by atoms with Gasteiger partial charge in [0.05, 0.1) is 49.6 Å². The highest BCUT2D eigenvalue weighted by Gasteiger charge is 2.19. The number of ether oxygens (including phenoxy) is 3. The zero-order chi connectivity index (χ0) is 25.6. The third-order valence-corrected chi connectivity index (χ3v) is 7.64. The Hall–Kier alpha value is -3.08. The third-order valence-electron chi connectivity index (χ3n) is 6.66. The lowest BCUT2D eigenvalue weighted by Crippen LogP contribution is -2.36. The number of amides is 1. The molecular weight excluding hydrogens is 492 g/mol. The standard InChI is InChI=1S/C27H32N4O5S/c1-34-21-7-4-19(5-8-21)17-31-26(33)23-15-20(30-10-13-35-14-11-30)6-9-24(23)29-27(31)37-18-25(32)28-16-22-3-2-12-36-22/h4-9,15,22H,2-3,10-14,16-18H2,1H3,(H,28,32)/t22-/m1/s1. The molecule has 2 fully saturated rings. The molecular formula is C27H32N4O5S. The number of hydrogen-bond acceptors (Lipinski definition) is 8. The number of rotatable bonds is 9. The van der Waals surface area contributed by atoms with Crippen molar-refractivity contribution in [3.63, 3.8) is 0 Å². The average molecular weight is 525 g/mol. The monoisotopic (exact) mass is 524 g/mol. The lowest BCUT2D eigenvalue weighted by atomic mass is 10.2. The Kier molecular flexibility index (Phi) is 8.28. The average Bonchev–Trinajstić information content (AvgIpc) is 3.47. The fraction of sp³-hybridized carbons (Fsp3) is 0.444. The number of aromatic nitrogens is 2. The van der Waals surface area contributed by atoms with E-state index in [1.54, 1.807) is 11.7 Å². The van der Waals surface area contributed by atoms with Gasteiger partial charge in [0, 0.05) is 31.9 Å². The molecule has 2 aliphatic heterocycles. The van der Waals surface area contributed by atoms with E-state index in [0.717, 1.165) is 49.5 Å². The molecule has 0 aliphatic carbocycles. The number of morpholine rings is 1. The van der Waals surface area contributed by atoms with Crippen LogP contribution in [0.1, 0.15) is 18.4 Å². The van der Waals surface area contributed by atoms with Crippen LogP contribution in [0, 0.1) is 0 Å². The van der Waals surface area contributed by atoms with Gasteiger partial charge < -0.3 is 24.4 Å². The minimum absolute atomic E-state index is 0.0849. The van der Waals surface area contributed by atoms with Crippen molar-refractivity contribution in [3.8, 4) is 5.75 Å². The van der Waals surface area contributed by atoms with Crippen LogP contribution >= 0.6 is 11.8 Å². The van der Waals surface area contributed by atoms with E-state index in [4.69, 9.17) is 19.2 Å². The first-order chi connectivity index (χ1) is 18.1. The summed E-state index contributed by atoms with van der Waals surface area (Å²) >= 11 is 1.27. The molecule has 1 amide bonds. The summed E-state index contributed by atoms with van der Waals surface area (Å²) in [5.74, 6) is 0.813. The number of carbonyl (C=O) groups excluding carboxylic acids is 1. The van der Waals surface area contributed by atoms with Crippen LogP contribution in [0.15, 0.2) is 52.4 Å². The summed E-state index contributed by atoms with van der Waals surface area (Å²) in [5, 5.41) is 4.02. The number of nitrogens with zero attached hydrogens (tertiary/aromatic N) is 3. The molecule has 1 atom stereocenters. The number of fused-ring (bicyclic) bond motifs is 1. The van der Waals surface area contributed by atoms with E-state index >= 15 is 0 Å². The number of hydrogen-bond donors (Lipinski definition) is 1. The molecule has 0 radical (unpaired) electrons. The maximum Gasteiger partial charge on any atom is 0.262 e. The number of methoxy groups -OCH3 is 1. The quantitative estimate of drug-likeness (QED) is 0.337. The van der Waals surface area contributed by atoms with E-state index in [1.165, 1.54) is 11.8 Å². The zero-order valence-corrected chi connectivity index (χ0v) is 21.8. The molecule has 0 unspecified atom stereocenters. The van der Waals surface area contributed by atoms with Crippen LogP contribution in [0.2, 0.25) is 0 Å². The summed E-state index contributed by atoms with van der Waals surface area (Å²) in [4.78, 5) is 33.4. The Balaban J connectivity index is 1.41. The smallest absolute Gasteiger partial charge is 0.262 e. The minimum Gasteiger partial charge on any atom is -0.497 e. The Labute approximate surface area is 220 Å². The number of nitrogens with one attached hydrogen (secondary N) is 1. The zero-order valence-electron chi connectivity index (χ0n) is 21.0. The van der Waals surface area contributed by atoms with Crippen molar-refractivity contribution >= 4 is 34.3 Å². The van der Waals surface area contributed by atoms with E-state index in [9.17, 15) is 9.59 Å². The van der Waals surface area contributed by atoms with Crippen molar-refractivity contribution in [1.29, 1.82) is 0 Å². The molecule has 3 heterocycles. The molecule has 10 heteroatoms. The van der Waals surface area contributed by atoms with Crippen LogP contribution in [0.5, 0.6) is 5.75 Å². The first kappa shape index (κ1) is 25.6. The molecule has 2 aromatic carbocycles. The topological polar surface area (TPSA) is 94.9 Å². The van der Waals surface area contributed by atoms with E-state index in [2.05, 4.69) is 10.2 Å². The van der Waals surface area contributed by atoms with E-state index in [0.29, 0.717) is 42.4 Å². The molecule has 2 saturated heterocycles. The van der Waals surface area contributed by atoms with Crippen LogP contribution < -0.4 is 20.5 Å². The summed E-state index contributed by atoms with van der Waals surface area (Å²) in [6, 6.07) is 13.4. The Bertz CT molecular complexity index is 1280. The lowest BCUT2D eigenvalue weighted by Gasteiger charge is -2.29. The van der Waals surface area contributed by atoms with Crippen LogP contribution in [0.25, 0.3) is 10.9 Å². The molecule has 9 nitrogen and oxygen atoms in total. The van der Waals surface area contributed by atoms with Crippen LogP contribution in [0.4, 0.5) is 5.69 Å². The first-order valence-corrected chi connectivity index (χ1v) is 13.6. The summed E-state index contributed by atoms with van der Waals surface area (Å²) < 4.78 is 18.0. The summed E-state index contributed by atoms with van der Waals surface area (Å²) in [6.07, 6.45) is 2.08. The second-order valence-electron chi connectivity index (χ2n) is 9.16. The number of thioether (sulfide) groups is 1. The van der Waals surface area contributed by atoms with Crippen molar-refractivity contribution < 1.29 is 19.0 Å². The number of anilines is 1. The van der Waals surface area contributed by atoms with Crippen molar-refractivity contribution in [3.05, 3.63) is 58.4 Å². The fourth-order valence-electron chi connectivity index (χ4n) is 4.58. The minimum atomic E-state index is -0.127. The van der Waals surface area contributed by atoms with E-state index in [-0.39, 0.29) is 23.3 Å². The van der Waals surface area contributed by atoms with Gasteiger partial charge in [-0.15, -0.1) is 0 Å². The molecule has 1 N–H and O–H groups in total. The Morgan fingerprint density at radius 3 is 2.70 bits per heavy atom. The van der Waals surface area contributed by atoms with E-state index < -0.39 is 0 Å². The molecule has 37 heavy (non-hydrogen) atoms. The molecule has 0 bridgehead atoms. The molecule has 1 aromatic heterocycles. The highest BCUT2D eigenvalue weighted by Crippen LogP contribution is 2.24. The van der Waals surface area contributed by atoms with Gasteiger partial charge in [0.2, 0.25) is 5.91 Å². The van der Waals surface area contributed by atoms with Crippen LogP contribution in [-0.2, 0) is 20.8 Å². The van der Waals surface area contributed by atoms with Gasteiger partial charge in [-0.3, -0.25) is 14.2 Å². The van der Waals surface area contributed by atoms with Crippen molar-refractivity contribution in [2.75, 3.05) is 57.2 Å². The van der Waals surface area contributed by atoms with Gasteiger partial charge in [-0.2, -0.15) is 0 Å². The SMILES string of the molecule is COc1ccc(Cn2c(SCC(=O)NC[C@H]3CCCO3)nc3ccc(N4CCOCC4)cc3c2=O)cc1. The summed E-state index contributed by atoms with van der Waals surface area (Å²) in [7, 11) is 1.62. The van der Waals surface area contributed by atoms with Gasteiger partial charge in [-0.25, -0.2) is 4.98 Å². The highest BCUT2D eigenvalue weighted by molar-refractivity contribution is 7.99. The second-order valence-corrected chi connectivity index (χ2v) is 10.1. The number of carbonyl (C=O) groups is 1. The highest BCUT2D eigenvalue weighted by atomic mass is 32.2. The predicted octanol–water partition coefficient (Wildman–Crippen LogP) is 2.68. The molecule has 2 aliphatic rings. The summed E-state index contributed by atoms with van der Waals surface area (Å²) in [5.41, 5.74) is 2.42. The number of benzene rings is 2. The molecule has 196 valence electrons. The molecule has 3 aromatic rings. The fourth-order valence-corrected chi connectivity index (χ4v) is 5.41. The van der Waals surface area contributed by atoms with Gasteiger partial charge in [0.25, 0.3) is 5.56 Å². The molecule has 0 spiro atoms. The van der Waals surface area contributed by atoms with Crippen molar-refractivity contribution in [2.45, 2.75) is 30.6 Å². The normalized spacial score (nSPS) is 17.8. The Morgan fingerprint density at radius 2 is 1.97 bits per heavy atom. The van der Waals surface area contributed by atoms with E-state index in [1.807, 2.05) is 42.5 Å². The molecule has 0 saturated carbocycles. The first-order valence-electron chi connectivity index (χ1n) is 12.6. The molecule has 5 rings (SSSR count). The van der Waals surface area contributed by atoms with Crippen LogP contribution in [-0.4, -0.2) is 73.9 Å². The Morgan fingerprint density at radius 1 is 1.16 bits per heavy atom. The largest absolute Gasteiger partial charge is 0.497 e. The van der Waals surface area contributed by atoms with Gasteiger partial charge in [0.1, 0.15) is 5.75 Å². The van der Waals surface area contributed by atoms with Gasteiger partial charge in [-0.1, -0.05) is 23.9 Å². The van der Waals surface area contributed by atoms with Crippen LogP contribution in [0.3, 0.4) is 0 Å². The second kappa shape index (κ2) is 12.0. The van der Waals surface area contributed by atoms with Crippen molar-refractivity contribution in [2.24, 2.45) is 0 Å². The van der Waals surface area contributed by atoms with Gasteiger partial charge in [0.15, 0.2) is 5.16 Å². The predicted molar refractivity (Wildman–Crippen MR) is 144 cm³/mol. The van der Waals surface area contributed by atoms with Gasteiger partial charge in [-0.05, 0) is 48.7 Å². The third kappa shape index (κ3) is 6.26. The van der Waals surface area contributed by atoms with Gasteiger partial charge >= 0.3 is 0 Å². The van der Waals surface area contributed by atoms with Crippen molar-refractivity contribution in [1.82, 2.24) is 14.9 Å². The maximum absolute atomic E-state index is 13.8. The maximum atomic E-state index is 13.8. The lowest BCUT2D eigenvalue weighted by molar-refractivity contribution is -0.119.